The minimum atomic E-state index is -0.293. The summed E-state index contributed by atoms with van der Waals surface area (Å²) < 4.78 is 1.80. The van der Waals surface area contributed by atoms with E-state index in [0.717, 1.165) is 24.1 Å². The first-order chi connectivity index (χ1) is 11.6. The maximum absolute atomic E-state index is 12.2. The Bertz CT molecular complexity index is 661. The van der Waals surface area contributed by atoms with Crippen LogP contribution in [0.15, 0.2) is 42.7 Å². The summed E-state index contributed by atoms with van der Waals surface area (Å²) in [5.41, 5.74) is 1.96. The quantitative estimate of drug-likeness (QED) is 0.904. The number of benzene rings is 1. The molecule has 1 aromatic heterocycles. The highest BCUT2D eigenvalue weighted by Gasteiger charge is 2.25. The molecule has 128 valence electrons. The SMILES string of the molecule is CC(O)C1CCN(C(=O)NCc2cnn(-c3ccccc3)c2)CC1. The van der Waals surface area contributed by atoms with Crippen LogP contribution < -0.4 is 5.32 Å². The van der Waals surface area contributed by atoms with E-state index in [1.54, 1.807) is 10.9 Å². The fourth-order valence-corrected chi connectivity index (χ4v) is 3.05. The Hall–Kier alpha value is -2.34. The minimum absolute atomic E-state index is 0.0495. The first-order valence-electron chi connectivity index (χ1n) is 8.43. The average Bonchev–Trinajstić information content (AvgIpc) is 3.09. The summed E-state index contributed by atoms with van der Waals surface area (Å²) >= 11 is 0. The zero-order chi connectivity index (χ0) is 16.9. The van der Waals surface area contributed by atoms with Crippen LogP contribution in [-0.2, 0) is 6.54 Å². The molecule has 1 aliphatic rings. The number of aliphatic hydroxyl groups excluding tert-OH is 1. The van der Waals surface area contributed by atoms with E-state index < -0.39 is 0 Å². The van der Waals surface area contributed by atoms with Gasteiger partial charge in [0.15, 0.2) is 0 Å². The van der Waals surface area contributed by atoms with Crippen LogP contribution in [0.4, 0.5) is 4.79 Å². The summed E-state index contributed by atoms with van der Waals surface area (Å²) in [4.78, 5) is 14.1. The van der Waals surface area contributed by atoms with Gasteiger partial charge in [-0.25, -0.2) is 9.48 Å². The van der Waals surface area contributed by atoms with Gasteiger partial charge in [-0.2, -0.15) is 5.10 Å². The van der Waals surface area contributed by atoms with Crippen LogP contribution in [0.2, 0.25) is 0 Å². The Morgan fingerprint density at radius 2 is 2.04 bits per heavy atom. The van der Waals surface area contributed by atoms with Crippen LogP contribution in [0.1, 0.15) is 25.3 Å². The normalized spacial score (nSPS) is 16.8. The van der Waals surface area contributed by atoms with Crippen molar-refractivity contribution in [3.63, 3.8) is 0 Å². The highest BCUT2D eigenvalue weighted by molar-refractivity contribution is 5.74. The zero-order valence-corrected chi connectivity index (χ0v) is 13.9. The standard InChI is InChI=1S/C18H24N4O2/c1-14(23)16-7-9-21(10-8-16)18(24)19-11-15-12-20-22(13-15)17-5-3-2-4-6-17/h2-6,12-14,16,23H,7-11H2,1H3,(H,19,24). The van der Waals surface area contributed by atoms with E-state index in [2.05, 4.69) is 10.4 Å². The van der Waals surface area contributed by atoms with Gasteiger partial charge < -0.3 is 15.3 Å². The number of likely N-dealkylation sites (tertiary alicyclic amines) is 1. The molecule has 2 heterocycles. The van der Waals surface area contributed by atoms with Crippen molar-refractivity contribution >= 4 is 6.03 Å². The summed E-state index contributed by atoms with van der Waals surface area (Å²) in [6.45, 7) is 3.68. The molecule has 0 spiro atoms. The molecule has 6 heteroatoms. The number of carbonyl (C=O) groups is 1. The fraction of sp³-hybridized carbons (Fsp3) is 0.444. The van der Waals surface area contributed by atoms with Gasteiger partial charge in [0, 0.05) is 31.4 Å². The average molecular weight is 328 g/mol. The van der Waals surface area contributed by atoms with Crippen molar-refractivity contribution < 1.29 is 9.90 Å². The second kappa shape index (κ2) is 7.49. The molecule has 24 heavy (non-hydrogen) atoms. The van der Waals surface area contributed by atoms with E-state index in [4.69, 9.17) is 0 Å². The maximum Gasteiger partial charge on any atom is 0.317 e. The number of urea groups is 1. The van der Waals surface area contributed by atoms with Crippen LogP contribution in [-0.4, -0.2) is 45.0 Å². The van der Waals surface area contributed by atoms with Crippen molar-refractivity contribution in [2.75, 3.05) is 13.1 Å². The van der Waals surface area contributed by atoms with E-state index in [1.807, 2.05) is 48.4 Å². The molecule has 0 bridgehead atoms. The molecule has 1 atom stereocenters. The molecule has 1 saturated heterocycles. The van der Waals surface area contributed by atoms with Gasteiger partial charge in [-0.3, -0.25) is 0 Å². The number of aliphatic hydroxyl groups is 1. The zero-order valence-electron chi connectivity index (χ0n) is 13.9. The van der Waals surface area contributed by atoms with Crippen molar-refractivity contribution in [1.29, 1.82) is 0 Å². The van der Waals surface area contributed by atoms with Crippen LogP contribution in [0.3, 0.4) is 0 Å². The molecule has 0 aliphatic carbocycles. The number of piperidine rings is 1. The van der Waals surface area contributed by atoms with Gasteiger partial charge in [-0.1, -0.05) is 18.2 Å². The van der Waals surface area contributed by atoms with E-state index in [9.17, 15) is 9.90 Å². The van der Waals surface area contributed by atoms with Crippen molar-refractivity contribution in [3.8, 4) is 5.69 Å². The second-order valence-electron chi connectivity index (χ2n) is 6.35. The lowest BCUT2D eigenvalue weighted by atomic mass is 9.92. The van der Waals surface area contributed by atoms with Crippen molar-refractivity contribution in [2.45, 2.75) is 32.4 Å². The van der Waals surface area contributed by atoms with E-state index >= 15 is 0 Å². The van der Waals surface area contributed by atoms with Crippen molar-refractivity contribution in [2.24, 2.45) is 5.92 Å². The van der Waals surface area contributed by atoms with Crippen LogP contribution in [0, 0.1) is 5.92 Å². The monoisotopic (exact) mass is 328 g/mol. The molecule has 1 aliphatic heterocycles. The molecule has 1 fully saturated rings. The van der Waals surface area contributed by atoms with Crippen LogP contribution >= 0.6 is 0 Å². The summed E-state index contributed by atoms with van der Waals surface area (Å²) in [6, 6.07) is 9.83. The molecule has 1 aromatic carbocycles. The lowest BCUT2D eigenvalue weighted by molar-refractivity contribution is 0.0798. The Balaban J connectivity index is 1.50. The van der Waals surface area contributed by atoms with Gasteiger partial charge in [0.2, 0.25) is 0 Å². The number of hydrogen-bond acceptors (Lipinski definition) is 3. The summed E-state index contributed by atoms with van der Waals surface area (Å²) in [5, 5.41) is 16.9. The molecule has 3 rings (SSSR count). The number of nitrogens with one attached hydrogen (secondary N) is 1. The van der Waals surface area contributed by atoms with Crippen LogP contribution in [0.25, 0.3) is 5.69 Å². The second-order valence-corrected chi connectivity index (χ2v) is 6.35. The topological polar surface area (TPSA) is 70.4 Å². The van der Waals surface area contributed by atoms with Gasteiger partial charge in [0.1, 0.15) is 0 Å². The Morgan fingerprint density at radius 3 is 2.71 bits per heavy atom. The number of nitrogens with zero attached hydrogens (tertiary/aromatic N) is 3. The Morgan fingerprint density at radius 1 is 1.33 bits per heavy atom. The highest BCUT2D eigenvalue weighted by Crippen LogP contribution is 2.20. The molecule has 1 unspecified atom stereocenters. The number of aromatic nitrogens is 2. The van der Waals surface area contributed by atoms with Crippen molar-refractivity contribution in [1.82, 2.24) is 20.0 Å². The smallest absolute Gasteiger partial charge is 0.317 e. The fourth-order valence-electron chi connectivity index (χ4n) is 3.05. The van der Waals surface area contributed by atoms with Crippen molar-refractivity contribution in [3.05, 3.63) is 48.3 Å². The van der Waals surface area contributed by atoms with E-state index in [-0.39, 0.29) is 12.1 Å². The minimum Gasteiger partial charge on any atom is -0.393 e. The maximum atomic E-state index is 12.2. The van der Waals surface area contributed by atoms with E-state index in [1.165, 1.54) is 0 Å². The van der Waals surface area contributed by atoms with Gasteiger partial charge in [0.05, 0.1) is 18.0 Å². The molecular formula is C18H24N4O2. The van der Waals surface area contributed by atoms with E-state index in [0.29, 0.717) is 25.6 Å². The predicted octanol–water partition coefficient (Wildman–Crippen LogP) is 2.17. The Kier molecular flexibility index (Phi) is 5.15. The van der Waals surface area contributed by atoms with Crippen LogP contribution in [0.5, 0.6) is 0 Å². The van der Waals surface area contributed by atoms with Gasteiger partial charge in [0.25, 0.3) is 0 Å². The lowest BCUT2D eigenvalue weighted by Crippen LogP contribution is -2.45. The molecule has 2 N–H and O–H groups in total. The Labute approximate surface area is 142 Å². The third-order valence-corrected chi connectivity index (χ3v) is 4.61. The third-order valence-electron chi connectivity index (χ3n) is 4.61. The molecular weight excluding hydrogens is 304 g/mol. The largest absolute Gasteiger partial charge is 0.393 e. The summed E-state index contributed by atoms with van der Waals surface area (Å²) in [7, 11) is 0. The third kappa shape index (κ3) is 3.94. The summed E-state index contributed by atoms with van der Waals surface area (Å²) in [6.07, 6.45) is 5.12. The summed E-state index contributed by atoms with van der Waals surface area (Å²) in [5.74, 6) is 0.304. The molecule has 0 radical (unpaired) electrons. The number of hydrogen-bond donors (Lipinski definition) is 2. The van der Waals surface area contributed by atoms with Gasteiger partial charge >= 0.3 is 6.03 Å². The first kappa shape index (κ1) is 16.5. The number of amides is 2. The number of para-hydroxylation sites is 1. The molecule has 2 aromatic rings. The molecule has 6 nitrogen and oxygen atoms in total. The number of rotatable bonds is 4. The highest BCUT2D eigenvalue weighted by atomic mass is 16.3. The molecule has 0 saturated carbocycles. The van der Waals surface area contributed by atoms with Gasteiger partial charge in [-0.05, 0) is 37.8 Å². The lowest BCUT2D eigenvalue weighted by Gasteiger charge is -2.33. The number of carbonyl (C=O) groups excluding carboxylic acids is 1. The first-order valence-corrected chi connectivity index (χ1v) is 8.43. The van der Waals surface area contributed by atoms with Gasteiger partial charge in [-0.15, -0.1) is 0 Å². The molecule has 2 amide bonds. The predicted molar refractivity (Wildman–Crippen MR) is 91.8 cm³/mol.